The molecule has 1 amide bonds. The quantitative estimate of drug-likeness (QED) is 0.594. The zero-order valence-electron chi connectivity index (χ0n) is 12.6. The van der Waals surface area contributed by atoms with Crippen LogP contribution in [0.5, 0.6) is 0 Å². The highest BCUT2D eigenvalue weighted by Crippen LogP contribution is 2.18. The first-order valence-corrected chi connectivity index (χ1v) is 7.89. The van der Waals surface area contributed by atoms with Crippen molar-refractivity contribution in [1.82, 2.24) is 20.2 Å². The lowest BCUT2D eigenvalue weighted by atomic mass is 10.4. The lowest BCUT2D eigenvalue weighted by Gasteiger charge is -2.10. The number of aromatic amines is 2. The predicted molar refractivity (Wildman–Crippen MR) is 83.8 cm³/mol. The van der Waals surface area contributed by atoms with E-state index < -0.39 is 16.9 Å². The summed E-state index contributed by atoms with van der Waals surface area (Å²) in [7, 11) is -1.32. The molecule has 2 aromatic rings. The van der Waals surface area contributed by atoms with Crippen LogP contribution in [0.1, 0.15) is 20.8 Å². The second-order valence-corrected chi connectivity index (χ2v) is 4.40. The fourth-order valence-electron chi connectivity index (χ4n) is 1.19. The third-order valence-electron chi connectivity index (χ3n) is 1.95. The van der Waals surface area contributed by atoms with Crippen molar-refractivity contribution in [2.24, 2.45) is 0 Å². The first-order chi connectivity index (χ1) is 10.1. The number of hydrogen-bond acceptors (Lipinski definition) is 5. The molecule has 1 unspecified atom stereocenters. The van der Waals surface area contributed by atoms with Crippen LogP contribution in [0.25, 0.3) is 11.2 Å². The fraction of sp³-hybridized carbons (Fsp3) is 0.417. The summed E-state index contributed by atoms with van der Waals surface area (Å²) in [5.74, 6) is 0.248. The highest BCUT2D eigenvalue weighted by molar-refractivity contribution is 7.84. The lowest BCUT2D eigenvalue weighted by Crippen LogP contribution is -2.17. The van der Waals surface area contributed by atoms with E-state index in [2.05, 4.69) is 38.6 Å². The number of nitrogens with zero attached hydrogens (tertiary/aromatic N) is 2. The van der Waals surface area contributed by atoms with Crippen molar-refractivity contribution in [1.29, 1.82) is 0 Å². The van der Waals surface area contributed by atoms with Gasteiger partial charge in [0.25, 0.3) is 0 Å². The van der Waals surface area contributed by atoms with E-state index in [0.29, 0.717) is 11.2 Å². The van der Waals surface area contributed by atoms with Crippen LogP contribution in [0, 0.1) is 0 Å². The molecule has 0 spiro atoms. The van der Waals surface area contributed by atoms with E-state index >= 15 is 0 Å². The molecule has 118 valence electrons. The minimum Gasteiger partial charge on any atom is -0.450 e. The van der Waals surface area contributed by atoms with E-state index in [-0.39, 0.29) is 17.6 Å². The van der Waals surface area contributed by atoms with Gasteiger partial charge in [-0.2, -0.15) is 4.98 Å². The minimum absolute atomic E-state index is 0.143. The molecule has 0 fully saturated rings. The van der Waals surface area contributed by atoms with Gasteiger partial charge < -0.3 is 4.74 Å². The molecule has 0 aliphatic heterocycles. The van der Waals surface area contributed by atoms with E-state index in [1.165, 1.54) is 6.26 Å². The Bertz CT molecular complexity index is 593. The molecule has 0 radical (unpaired) electrons. The number of aromatic nitrogens is 4. The zero-order chi connectivity index (χ0) is 16.4. The third-order valence-corrected chi connectivity index (χ3v) is 2.64. The summed E-state index contributed by atoms with van der Waals surface area (Å²) in [5.41, 5.74) is 1.05. The van der Waals surface area contributed by atoms with Gasteiger partial charge in [0.15, 0.2) is 11.5 Å². The first kappa shape index (κ1) is 18.8. The Labute approximate surface area is 125 Å². The Kier molecular flexibility index (Phi) is 8.70. The van der Waals surface area contributed by atoms with Crippen molar-refractivity contribution in [3.8, 4) is 0 Å². The van der Waals surface area contributed by atoms with Crippen LogP contribution >= 0.6 is 0 Å². The Hall–Kier alpha value is -2.16. The molecule has 21 heavy (non-hydrogen) atoms. The molecule has 3 N–H and O–H groups in total. The van der Waals surface area contributed by atoms with Crippen molar-refractivity contribution in [2.75, 3.05) is 18.2 Å². The largest absolute Gasteiger partial charge is 0.450 e. The Morgan fingerprint density at radius 1 is 1.33 bits per heavy atom. The molecule has 0 bridgehead atoms. The minimum atomic E-state index is -1.32. The Morgan fingerprint density at radius 2 is 1.95 bits per heavy atom. The van der Waals surface area contributed by atoms with Crippen LogP contribution in [0.2, 0.25) is 0 Å². The molecule has 0 saturated heterocycles. The fourth-order valence-corrected chi connectivity index (χ4v) is 1.63. The van der Waals surface area contributed by atoms with Gasteiger partial charge in [-0.25, -0.2) is 9.78 Å². The number of anilines is 1. The van der Waals surface area contributed by atoms with E-state index in [9.17, 15) is 9.00 Å². The molecule has 0 aliphatic rings. The monoisotopic (exact) mass is 315 g/mol. The molecule has 8 nitrogen and oxygen atoms in total. The van der Waals surface area contributed by atoms with Crippen molar-refractivity contribution < 1.29 is 13.7 Å². The Morgan fingerprint density at radius 3 is 2.38 bits per heavy atom. The molecule has 0 saturated carbocycles. The topological polar surface area (TPSA) is 113 Å². The number of ether oxygens (including phenoxy) is 1. The molecule has 1 atom stereocenters. The van der Waals surface area contributed by atoms with Crippen molar-refractivity contribution >= 4 is 33.9 Å². The number of carbonyl (C=O) groups is 1. The number of carbonyl (C=O) groups excluding carboxylic acids is 1. The second kappa shape index (κ2) is 9.70. The standard InChI is InChI=1S/C8H11N5O3S.C2H6.C2H4/c1-3-16-8(14)11-5-4-6(13-12-4)10-7(9-5)17(2)15;2*1-2/h12H,3H2,1-2H3,(H2,9,10,11,13,14);1-2H3;1-2H2. The van der Waals surface area contributed by atoms with Crippen LogP contribution < -0.4 is 5.32 Å². The van der Waals surface area contributed by atoms with Gasteiger partial charge in [-0.15, -0.1) is 13.2 Å². The van der Waals surface area contributed by atoms with Crippen molar-refractivity contribution in [3.63, 3.8) is 0 Å². The van der Waals surface area contributed by atoms with Crippen LogP contribution in [0.15, 0.2) is 18.3 Å². The second-order valence-electron chi connectivity index (χ2n) is 3.13. The summed E-state index contributed by atoms with van der Waals surface area (Å²) in [4.78, 5) is 19.2. The van der Waals surface area contributed by atoms with Gasteiger partial charge in [-0.05, 0) is 6.92 Å². The average Bonchev–Trinajstić information content (AvgIpc) is 2.45. The SMILES string of the molecule is C=C.CC.CCOC(=O)Nc1nc(S(C)=O)nc2[nH][nH]c12. The number of hydrogen-bond donors (Lipinski definition) is 3. The van der Waals surface area contributed by atoms with Crippen LogP contribution in [0.4, 0.5) is 10.6 Å². The summed E-state index contributed by atoms with van der Waals surface area (Å²) in [5, 5.41) is 8.02. The van der Waals surface area contributed by atoms with E-state index in [1.54, 1.807) is 6.92 Å². The Balaban J connectivity index is 0.000000921. The van der Waals surface area contributed by atoms with Gasteiger partial charge in [0.2, 0.25) is 5.16 Å². The third kappa shape index (κ3) is 5.03. The predicted octanol–water partition coefficient (Wildman–Crippen LogP) is 2.42. The number of amides is 1. The summed E-state index contributed by atoms with van der Waals surface area (Å²) >= 11 is 0. The van der Waals surface area contributed by atoms with Gasteiger partial charge >= 0.3 is 6.09 Å². The van der Waals surface area contributed by atoms with Gasteiger partial charge in [0, 0.05) is 6.26 Å². The van der Waals surface area contributed by atoms with Gasteiger partial charge in [0.1, 0.15) is 5.52 Å². The number of fused-ring (bicyclic) bond motifs is 1. The molecule has 2 aromatic heterocycles. The maximum absolute atomic E-state index is 11.3. The molecular weight excluding hydrogens is 294 g/mol. The van der Waals surface area contributed by atoms with Gasteiger partial charge in [-0.3, -0.25) is 19.7 Å². The van der Waals surface area contributed by atoms with Gasteiger partial charge in [0.05, 0.1) is 17.4 Å². The molecule has 0 aromatic carbocycles. The van der Waals surface area contributed by atoms with Gasteiger partial charge in [-0.1, -0.05) is 13.8 Å². The summed E-state index contributed by atoms with van der Waals surface area (Å²) < 4.78 is 16.0. The first-order valence-electron chi connectivity index (χ1n) is 6.33. The number of rotatable bonds is 3. The van der Waals surface area contributed by atoms with Crippen LogP contribution in [-0.2, 0) is 15.5 Å². The average molecular weight is 315 g/mol. The molecule has 9 heteroatoms. The van der Waals surface area contributed by atoms with Crippen LogP contribution in [0.3, 0.4) is 0 Å². The summed E-state index contributed by atoms with van der Waals surface area (Å²) in [6.45, 7) is 12.0. The zero-order valence-corrected chi connectivity index (χ0v) is 13.5. The normalized spacial score (nSPS) is 10.7. The van der Waals surface area contributed by atoms with E-state index in [1.807, 2.05) is 13.8 Å². The molecule has 2 heterocycles. The molecule has 0 aliphatic carbocycles. The number of nitrogens with one attached hydrogen (secondary N) is 3. The number of H-pyrrole nitrogens is 2. The van der Waals surface area contributed by atoms with E-state index in [0.717, 1.165) is 0 Å². The summed E-state index contributed by atoms with van der Waals surface area (Å²) in [6.07, 6.45) is 0.844. The lowest BCUT2D eigenvalue weighted by molar-refractivity contribution is 0.168. The maximum Gasteiger partial charge on any atom is 0.412 e. The van der Waals surface area contributed by atoms with Crippen molar-refractivity contribution in [2.45, 2.75) is 25.9 Å². The van der Waals surface area contributed by atoms with E-state index in [4.69, 9.17) is 4.74 Å². The van der Waals surface area contributed by atoms with Crippen LogP contribution in [-0.4, -0.2) is 43.3 Å². The van der Waals surface area contributed by atoms with Crippen molar-refractivity contribution in [3.05, 3.63) is 13.2 Å². The molecule has 2 rings (SSSR count). The maximum atomic E-state index is 11.3. The summed E-state index contributed by atoms with van der Waals surface area (Å²) in [6, 6.07) is 0. The highest BCUT2D eigenvalue weighted by Gasteiger charge is 2.15. The highest BCUT2D eigenvalue weighted by atomic mass is 32.2. The smallest absolute Gasteiger partial charge is 0.412 e. The molecular formula is C12H21N5O3S.